The second-order valence-corrected chi connectivity index (χ2v) is 2.93. The van der Waals surface area contributed by atoms with E-state index in [2.05, 4.69) is 31.1 Å². The standard InChI is InChI=1S/C5H3BrN4O2/c6-10-1-7-2-3(10)8-5(12)9-4(2)11/h1H,(H2,8,9,11,12). The van der Waals surface area contributed by atoms with Gasteiger partial charge in [-0.15, -0.1) is 0 Å². The number of fused-ring (bicyclic) bond motifs is 1. The predicted molar refractivity (Wildman–Crippen MR) is 45.3 cm³/mol. The Morgan fingerprint density at radius 2 is 2.17 bits per heavy atom. The quantitative estimate of drug-likeness (QED) is 0.645. The Hall–Kier alpha value is -1.37. The molecule has 0 aliphatic heterocycles. The van der Waals surface area contributed by atoms with Gasteiger partial charge in [-0.3, -0.25) is 14.8 Å². The molecule has 7 heteroatoms. The highest BCUT2D eigenvalue weighted by molar-refractivity contribution is 9.08. The minimum atomic E-state index is -0.547. The van der Waals surface area contributed by atoms with Crippen molar-refractivity contribution in [3.05, 3.63) is 27.2 Å². The molecule has 0 atom stereocenters. The van der Waals surface area contributed by atoms with Crippen molar-refractivity contribution in [1.82, 2.24) is 18.5 Å². The van der Waals surface area contributed by atoms with Crippen molar-refractivity contribution in [2.45, 2.75) is 0 Å². The summed E-state index contributed by atoms with van der Waals surface area (Å²) >= 11 is 3.07. The van der Waals surface area contributed by atoms with E-state index in [1.165, 1.54) is 9.92 Å². The highest BCUT2D eigenvalue weighted by atomic mass is 79.9. The molecule has 0 saturated carbocycles. The summed E-state index contributed by atoms with van der Waals surface area (Å²) in [5, 5.41) is 0. The molecule has 0 aromatic carbocycles. The van der Waals surface area contributed by atoms with Gasteiger partial charge in [0.25, 0.3) is 5.56 Å². The van der Waals surface area contributed by atoms with E-state index < -0.39 is 11.2 Å². The van der Waals surface area contributed by atoms with Crippen LogP contribution in [0.2, 0.25) is 0 Å². The van der Waals surface area contributed by atoms with Crippen molar-refractivity contribution in [2.24, 2.45) is 0 Å². The zero-order valence-electron chi connectivity index (χ0n) is 5.67. The Kier molecular flexibility index (Phi) is 1.40. The summed E-state index contributed by atoms with van der Waals surface area (Å²) in [5.41, 5.74) is -0.490. The van der Waals surface area contributed by atoms with Crippen LogP contribution < -0.4 is 11.2 Å². The molecule has 0 amide bonds. The fourth-order valence-corrected chi connectivity index (χ4v) is 1.26. The van der Waals surface area contributed by atoms with Crippen molar-refractivity contribution in [3.63, 3.8) is 0 Å². The second kappa shape index (κ2) is 2.31. The van der Waals surface area contributed by atoms with Crippen molar-refractivity contribution < 1.29 is 0 Å². The van der Waals surface area contributed by atoms with Crippen LogP contribution >= 0.6 is 16.1 Å². The van der Waals surface area contributed by atoms with E-state index in [1.54, 1.807) is 0 Å². The molecule has 6 nitrogen and oxygen atoms in total. The van der Waals surface area contributed by atoms with E-state index in [4.69, 9.17) is 0 Å². The maximum Gasteiger partial charge on any atom is 0.327 e. The number of aromatic amines is 2. The molecule has 2 heterocycles. The molecule has 0 unspecified atom stereocenters. The van der Waals surface area contributed by atoms with E-state index >= 15 is 0 Å². The molecule has 0 bridgehead atoms. The van der Waals surface area contributed by atoms with Crippen molar-refractivity contribution in [2.75, 3.05) is 0 Å². The van der Waals surface area contributed by atoms with Crippen molar-refractivity contribution in [3.8, 4) is 0 Å². The Morgan fingerprint density at radius 3 is 2.92 bits per heavy atom. The number of halogens is 1. The summed E-state index contributed by atoms with van der Waals surface area (Å²) in [5.74, 6) is 0. The number of aromatic nitrogens is 4. The first kappa shape index (κ1) is 7.29. The van der Waals surface area contributed by atoms with Gasteiger partial charge in [0.15, 0.2) is 11.2 Å². The molecule has 0 spiro atoms. The van der Waals surface area contributed by atoms with Gasteiger partial charge in [-0.05, 0) is 0 Å². The van der Waals surface area contributed by atoms with Gasteiger partial charge < -0.3 is 0 Å². The number of hydrogen-bond acceptors (Lipinski definition) is 3. The van der Waals surface area contributed by atoms with Gasteiger partial charge in [0.1, 0.15) is 6.33 Å². The third kappa shape index (κ3) is 0.900. The largest absolute Gasteiger partial charge is 0.327 e. The zero-order valence-corrected chi connectivity index (χ0v) is 7.25. The summed E-state index contributed by atoms with van der Waals surface area (Å²) in [6, 6.07) is 0. The number of imidazole rings is 1. The lowest BCUT2D eigenvalue weighted by atomic mass is 10.5. The Morgan fingerprint density at radius 1 is 1.42 bits per heavy atom. The smallest absolute Gasteiger partial charge is 0.291 e. The lowest BCUT2D eigenvalue weighted by Crippen LogP contribution is -2.22. The van der Waals surface area contributed by atoms with Crippen LogP contribution in [0.1, 0.15) is 0 Å². The van der Waals surface area contributed by atoms with E-state index in [1.807, 2.05) is 0 Å². The number of hydrogen-bond donors (Lipinski definition) is 2. The van der Waals surface area contributed by atoms with Gasteiger partial charge >= 0.3 is 5.69 Å². The van der Waals surface area contributed by atoms with Crippen molar-refractivity contribution >= 4 is 27.3 Å². The summed E-state index contributed by atoms with van der Waals surface area (Å²) in [6.45, 7) is 0. The summed E-state index contributed by atoms with van der Waals surface area (Å²) in [6.07, 6.45) is 1.38. The van der Waals surface area contributed by atoms with Crippen LogP contribution in [0.3, 0.4) is 0 Å². The lowest BCUT2D eigenvalue weighted by molar-refractivity contribution is 1.06. The topological polar surface area (TPSA) is 83.5 Å². The van der Waals surface area contributed by atoms with E-state index in [9.17, 15) is 9.59 Å². The Balaban J connectivity index is 3.13. The molecule has 0 saturated heterocycles. The molecule has 0 fully saturated rings. The number of nitrogens with one attached hydrogen (secondary N) is 2. The zero-order chi connectivity index (χ0) is 8.72. The fraction of sp³-hybridized carbons (Fsp3) is 0. The number of nitrogens with zero attached hydrogens (tertiary/aromatic N) is 2. The molecule has 0 radical (unpaired) electrons. The minimum absolute atomic E-state index is 0.200. The lowest BCUT2D eigenvalue weighted by Gasteiger charge is -1.88. The van der Waals surface area contributed by atoms with Gasteiger partial charge in [-0.25, -0.2) is 13.4 Å². The SMILES string of the molecule is O=c1[nH]c(=O)c2ncn(Br)c2[nH]1. The van der Waals surface area contributed by atoms with Crippen LogP contribution in [0.5, 0.6) is 0 Å². The highest BCUT2D eigenvalue weighted by Crippen LogP contribution is 2.04. The molecule has 62 valence electrons. The second-order valence-electron chi connectivity index (χ2n) is 2.16. The van der Waals surface area contributed by atoms with Crippen molar-refractivity contribution in [1.29, 1.82) is 0 Å². The Bertz CT molecular complexity index is 536. The van der Waals surface area contributed by atoms with E-state index in [-0.39, 0.29) is 5.52 Å². The van der Waals surface area contributed by atoms with Gasteiger partial charge in [-0.1, -0.05) is 0 Å². The fourth-order valence-electron chi connectivity index (χ4n) is 0.908. The average Bonchev–Trinajstić information content (AvgIpc) is 2.33. The Labute approximate surface area is 73.6 Å². The first-order chi connectivity index (χ1) is 5.68. The monoisotopic (exact) mass is 230 g/mol. The molecular formula is C5H3BrN4O2. The van der Waals surface area contributed by atoms with Gasteiger partial charge in [0.05, 0.1) is 16.1 Å². The summed E-state index contributed by atoms with van der Waals surface area (Å²) < 4.78 is 1.39. The van der Waals surface area contributed by atoms with Gasteiger partial charge in [-0.2, -0.15) is 0 Å². The molecule has 2 aromatic heterocycles. The third-order valence-electron chi connectivity index (χ3n) is 1.40. The van der Waals surface area contributed by atoms with Crippen LogP contribution in [-0.2, 0) is 0 Å². The van der Waals surface area contributed by atoms with Crippen LogP contribution in [0, 0.1) is 0 Å². The molecule has 0 aliphatic rings. The van der Waals surface area contributed by atoms with E-state index in [0.717, 1.165) is 0 Å². The first-order valence-corrected chi connectivity index (χ1v) is 3.75. The minimum Gasteiger partial charge on any atom is -0.291 e. The first-order valence-electron chi connectivity index (χ1n) is 3.04. The third-order valence-corrected chi connectivity index (χ3v) is 1.94. The molecule has 2 N–H and O–H groups in total. The van der Waals surface area contributed by atoms with E-state index in [0.29, 0.717) is 5.65 Å². The molecule has 2 aromatic rings. The number of rotatable bonds is 0. The maximum absolute atomic E-state index is 11.0. The normalized spacial score (nSPS) is 10.8. The van der Waals surface area contributed by atoms with Crippen LogP contribution in [-0.4, -0.2) is 18.5 Å². The summed E-state index contributed by atoms with van der Waals surface area (Å²) in [7, 11) is 0. The maximum atomic E-state index is 11.0. The summed E-state index contributed by atoms with van der Waals surface area (Å²) in [4.78, 5) is 30.1. The molecule has 12 heavy (non-hydrogen) atoms. The predicted octanol–water partition coefficient (Wildman–Crippen LogP) is -0.429. The molecule has 0 aliphatic carbocycles. The van der Waals surface area contributed by atoms with Crippen LogP contribution in [0.25, 0.3) is 11.2 Å². The molecular weight excluding hydrogens is 228 g/mol. The van der Waals surface area contributed by atoms with Gasteiger partial charge in [0, 0.05) is 0 Å². The van der Waals surface area contributed by atoms with Gasteiger partial charge in [0.2, 0.25) is 0 Å². The van der Waals surface area contributed by atoms with Crippen LogP contribution in [0.15, 0.2) is 15.9 Å². The average molecular weight is 231 g/mol. The van der Waals surface area contributed by atoms with Crippen LogP contribution in [0.4, 0.5) is 0 Å². The highest BCUT2D eigenvalue weighted by Gasteiger charge is 2.04. The number of H-pyrrole nitrogens is 2. The molecule has 2 rings (SSSR count).